The third kappa shape index (κ3) is 2.79. The third-order valence-corrected chi connectivity index (χ3v) is 5.57. The van der Waals surface area contributed by atoms with Gasteiger partial charge in [0.15, 0.2) is 0 Å². The molecule has 0 aromatic heterocycles. The Balaban J connectivity index is 1.51. The van der Waals surface area contributed by atoms with Crippen molar-refractivity contribution in [2.24, 2.45) is 5.73 Å². The van der Waals surface area contributed by atoms with Crippen LogP contribution in [0.1, 0.15) is 57.8 Å². The predicted octanol–water partition coefficient (Wildman–Crippen LogP) is 1.39. The number of carbonyl (C=O) groups excluding carboxylic acids is 1. The van der Waals surface area contributed by atoms with Gasteiger partial charge in [-0.1, -0.05) is 6.42 Å². The average molecular weight is 265 g/mol. The van der Waals surface area contributed by atoms with Crippen molar-refractivity contribution in [2.45, 2.75) is 81.5 Å². The minimum absolute atomic E-state index is 0.176. The van der Waals surface area contributed by atoms with E-state index >= 15 is 0 Å². The fourth-order valence-electron chi connectivity index (χ4n) is 4.14. The number of hydrogen-bond donors (Lipinski definition) is 2. The molecule has 3 rings (SSSR count). The van der Waals surface area contributed by atoms with Gasteiger partial charge >= 0.3 is 0 Å². The quantitative estimate of drug-likeness (QED) is 0.811. The summed E-state index contributed by atoms with van der Waals surface area (Å²) in [6.07, 6.45) is 9.91. The van der Waals surface area contributed by atoms with Gasteiger partial charge in [-0.05, 0) is 52.0 Å². The summed E-state index contributed by atoms with van der Waals surface area (Å²) in [7, 11) is 2.25. The minimum Gasteiger partial charge on any atom is -0.353 e. The molecule has 0 spiro atoms. The Labute approximate surface area is 116 Å². The number of nitrogens with zero attached hydrogens (tertiary/aromatic N) is 1. The normalized spacial score (nSPS) is 37.5. The molecule has 2 unspecified atom stereocenters. The van der Waals surface area contributed by atoms with Crippen molar-refractivity contribution in [1.29, 1.82) is 0 Å². The standard InChI is InChI=1S/C15H27N3O/c1-18-12-4-2-5-13(18)9-11(8-12)17-14(19)10-15(16)6-3-7-15/h11-13H,2-10,16H2,1H3,(H,17,19). The zero-order valence-corrected chi connectivity index (χ0v) is 12.0. The maximum atomic E-state index is 12.1. The highest BCUT2D eigenvalue weighted by molar-refractivity contribution is 5.77. The lowest BCUT2D eigenvalue weighted by Crippen LogP contribution is -2.56. The van der Waals surface area contributed by atoms with Crippen LogP contribution >= 0.6 is 0 Å². The maximum absolute atomic E-state index is 12.1. The largest absolute Gasteiger partial charge is 0.353 e. The van der Waals surface area contributed by atoms with Gasteiger partial charge in [-0.3, -0.25) is 4.79 Å². The Bertz CT molecular complexity index is 339. The lowest BCUT2D eigenvalue weighted by atomic mass is 9.75. The molecule has 2 saturated heterocycles. The summed E-state index contributed by atoms with van der Waals surface area (Å²) in [6.45, 7) is 0. The molecule has 3 N–H and O–H groups in total. The highest BCUT2D eigenvalue weighted by atomic mass is 16.1. The van der Waals surface area contributed by atoms with Crippen molar-refractivity contribution >= 4 is 5.91 Å². The van der Waals surface area contributed by atoms with Crippen molar-refractivity contribution in [3.8, 4) is 0 Å². The van der Waals surface area contributed by atoms with Gasteiger partial charge in [-0.25, -0.2) is 0 Å². The monoisotopic (exact) mass is 265 g/mol. The molecule has 4 heteroatoms. The molecule has 2 heterocycles. The molecule has 108 valence electrons. The topological polar surface area (TPSA) is 58.4 Å². The number of carbonyl (C=O) groups is 1. The summed E-state index contributed by atoms with van der Waals surface area (Å²) in [6, 6.07) is 1.73. The van der Waals surface area contributed by atoms with Crippen LogP contribution in [0.4, 0.5) is 0 Å². The smallest absolute Gasteiger partial charge is 0.222 e. The number of fused-ring (bicyclic) bond motifs is 2. The Hall–Kier alpha value is -0.610. The molecule has 2 atom stereocenters. The molecule has 2 bridgehead atoms. The van der Waals surface area contributed by atoms with Crippen LogP contribution in [-0.4, -0.2) is 41.5 Å². The second kappa shape index (κ2) is 5.06. The number of hydrogen-bond acceptors (Lipinski definition) is 3. The van der Waals surface area contributed by atoms with Crippen LogP contribution < -0.4 is 11.1 Å². The summed E-state index contributed by atoms with van der Waals surface area (Å²) in [5.74, 6) is 0.176. The van der Waals surface area contributed by atoms with Crippen molar-refractivity contribution in [2.75, 3.05) is 7.05 Å². The zero-order valence-electron chi connectivity index (χ0n) is 12.0. The minimum atomic E-state index is -0.189. The molecular weight excluding hydrogens is 238 g/mol. The fraction of sp³-hybridized carbons (Fsp3) is 0.933. The van der Waals surface area contributed by atoms with Gasteiger partial charge in [0.1, 0.15) is 0 Å². The summed E-state index contributed by atoms with van der Waals surface area (Å²) in [5, 5.41) is 3.25. The highest BCUT2D eigenvalue weighted by Crippen LogP contribution is 2.34. The molecular formula is C15H27N3O. The van der Waals surface area contributed by atoms with E-state index in [0.717, 1.165) is 25.7 Å². The van der Waals surface area contributed by atoms with E-state index in [-0.39, 0.29) is 11.4 Å². The van der Waals surface area contributed by atoms with E-state index in [4.69, 9.17) is 5.73 Å². The van der Waals surface area contributed by atoms with Crippen molar-refractivity contribution in [3.05, 3.63) is 0 Å². The average Bonchev–Trinajstić information content (AvgIpc) is 2.28. The first-order chi connectivity index (χ1) is 9.06. The van der Waals surface area contributed by atoms with Gasteiger partial charge in [0.05, 0.1) is 0 Å². The SMILES string of the molecule is CN1C2CCCC1CC(NC(=O)CC1(N)CCC1)C2. The maximum Gasteiger partial charge on any atom is 0.222 e. The highest BCUT2D eigenvalue weighted by Gasteiger charge is 2.38. The van der Waals surface area contributed by atoms with E-state index in [1.807, 2.05) is 0 Å². The van der Waals surface area contributed by atoms with Crippen LogP contribution in [0.15, 0.2) is 0 Å². The third-order valence-electron chi connectivity index (χ3n) is 5.57. The summed E-state index contributed by atoms with van der Waals surface area (Å²) < 4.78 is 0. The van der Waals surface area contributed by atoms with E-state index in [1.165, 1.54) is 25.7 Å². The molecule has 1 saturated carbocycles. The molecule has 0 radical (unpaired) electrons. The fourth-order valence-corrected chi connectivity index (χ4v) is 4.14. The number of rotatable bonds is 3. The number of nitrogens with two attached hydrogens (primary N) is 1. The van der Waals surface area contributed by atoms with Gasteiger partial charge in [0.2, 0.25) is 5.91 Å². The van der Waals surface area contributed by atoms with E-state index < -0.39 is 0 Å². The Morgan fingerprint density at radius 3 is 2.42 bits per heavy atom. The van der Waals surface area contributed by atoms with E-state index in [0.29, 0.717) is 24.5 Å². The van der Waals surface area contributed by atoms with E-state index in [1.54, 1.807) is 0 Å². The van der Waals surface area contributed by atoms with Crippen LogP contribution in [0.25, 0.3) is 0 Å². The first kappa shape index (κ1) is 13.4. The van der Waals surface area contributed by atoms with Gasteiger partial charge in [-0.15, -0.1) is 0 Å². The first-order valence-corrected chi connectivity index (χ1v) is 7.86. The van der Waals surface area contributed by atoms with Gasteiger partial charge in [-0.2, -0.15) is 0 Å². The Kier molecular flexibility index (Phi) is 3.56. The molecule has 1 amide bonds. The second-order valence-electron chi connectivity index (χ2n) is 7.03. The van der Waals surface area contributed by atoms with Crippen LogP contribution in [0.2, 0.25) is 0 Å². The summed E-state index contributed by atoms with van der Waals surface area (Å²) in [4.78, 5) is 14.6. The molecule has 2 aliphatic heterocycles. The Morgan fingerprint density at radius 2 is 1.89 bits per heavy atom. The summed E-state index contributed by atoms with van der Waals surface area (Å²) >= 11 is 0. The van der Waals surface area contributed by atoms with Gasteiger partial charge < -0.3 is 16.0 Å². The van der Waals surface area contributed by atoms with Gasteiger partial charge in [0.25, 0.3) is 0 Å². The number of piperidine rings is 2. The van der Waals surface area contributed by atoms with Crippen molar-refractivity contribution in [1.82, 2.24) is 10.2 Å². The lowest BCUT2D eigenvalue weighted by molar-refractivity contribution is -0.124. The van der Waals surface area contributed by atoms with Crippen molar-refractivity contribution < 1.29 is 4.79 Å². The lowest BCUT2D eigenvalue weighted by Gasteiger charge is -2.47. The predicted molar refractivity (Wildman–Crippen MR) is 75.7 cm³/mol. The molecule has 1 aliphatic carbocycles. The number of amides is 1. The van der Waals surface area contributed by atoms with Crippen LogP contribution in [0.5, 0.6) is 0 Å². The molecule has 3 aliphatic rings. The molecule has 0 aromatic carbocycles. The molecule has 3 fully saturated rings. The number of nitrogens with one attached hydrogen (secondary N) is 1. The van der Waals surface area contributed by atoms with Crippen LogP contribution in [0.3, 0.4) is 0 Å². The van der Waals surface area contributed by atoms with Gasteiger partial charge in [0, 0.05) is 30.1 Å². The molecule has 19 heavy (non-hydrogen) atoms. The van der Waals surface area contributed by atoms with E-state index in [2.05, 4.69) is 17.3 Å². The molecule has 0 aromatic rings. The van der Waals surface area contributed by atoms with Crippen LogP contribution in [-0.2, 0) is 4.79 Å². The Morgan fingerprint density at radius 1 is 1.26 bits per heavy atom. The van der Waals surface area contributed by atoms with E-state index in [9.17, 15) is 4.79 Å². The summed E-state index contributed by atoms with van der Waals surface area (Å²) in [5.41, 5.74) is 5.96. The van der Waals surface area contributed by atoms with Crippen molar-refractivity contribution in [3.63, 3.8) is 0 Å². The second-order valence-corrected chi connectivity index (χ2v) is 7.03. The van der Waals surface area contributed by atoms with Crippen LogP contribution in [0, 0.1) is 0 Å². The first-order valence-electron chi connectivity index (χ1n) is 7.86. The zero-order chi connectivity index (χ0) is 13.5. The molecule has 4 nitrogen and oxygen atoms in total.